The van der Waals surface area contributed by atoms with Gasteiger partial charge in [-0.3, -0.25) is 4.21 Å². The molecular weight excluding hydrogens is 278 g/mol. The van der Waals surface area contributed by atoms with E-state index < -0.39 is 10.8 Å². The molecule has 2 rings (SSSR count). The minimum absolute atomic E-state index is 0.133. The zero-order valence-electron chi connectivity index (χ0n) is 12.9. The lowest BCUT2D eigenvalue weighted by molar-refractivity contribution is 0.634. The van der Waals surface area contributed by atoms with Gasteiger partial charge >= 0.3 is 0 Å². The van der Waals surface area contributed by atoms with E-state index in [1.54, 1.807) is 0 Å². The van der Waals surface area contributed by atoms with Crippen molar-refractivity contribution in [2.75, 3.05) is 12.8 Å². The number of rotatable bonds is 6. The summed E-state index contributed by atoms with van der Waals surface area (Å²) < 4.78 is 12.4. The van der Waals surface area contributed by atoms with E-state index in [2.05, 4.69) is 37.4 Å². The molecular formula is C18H23NOS. The zero-order valence-corrected chi connectivity index (χ0v) is 13.7. The molecule has 2 aromatic rings. The molecule has 0 aliphatic carbocycles. The van der Waals surface area contributed by atoms with Crippen LogP contribution in [0.4, 0.5) is 0 Å². The summed E-state index contributed by atoms with van der Waals surface area (Å²) >= 11 is 0. The van der Waals surface area contributed by atoms with E-state index in [1.807, 2.05) is 37.4 Å². The van der Waals surface area contributed by atoms with Crippen LogP contribution >= 0.6 is 0 Å². The Hall–Kier alpha value is -1.45. The summed E-state index contributed by atoms with van der Waals surface area (Å²) in [5.41, 5.74) is 4.85. The van der Waals surface area contributed by atoms with Crippen LogP contribution in [0.5, 0.6) is 0 Å². The largest absolute Gasteiger partial charge is 0.312 e. The Labute approximate surface area is 130 Å². The highest BCUT2D eigenvalue weighted by molar-refractivity contribution is 7.84. The highest BCUT2D eigenvalue weighted by atomic mass is 32.2. The van der Waals surface area contributed by atoms with Gasteiger partial charge < -0.3 is 5.32 Å². The third-order valence-electron chi connectivity index (χ3n) is 3.52. The maximum atomic E-state index is 12.4. The molecule has 0 aromatic heterocycles. The molecule has 2 aromatic carbocycles. The van der Waals surface area contributed by atoms with Gasteiger partial charge in [-0.05, 0) is 32.0 Å². The maximum absolute atomic E-state index is 12.4. The predicted molar refractivity (Wildman–Crippen MR) is 90.9 cm³/mol. The summed E-state index contributed by atoms with van der Waals surface area (Å²) in [6.45, 7) is 4.20. The molecule has 2 unspecified atom stereocenters. The zero-order chi connectivity index (χ0) is 15.2. The van der Waals surface area contributed by atoms with Gasteiger partial charge in [-0.25, -0.2) is 0 Å². The van der Waals surface area contributed by atoms with E-state index in [1.165, 1.54) is 16.7 Å². The lowest BCUT2D eigenvalue weighted by Crippen LogP contribution is -2.23. The van der Waals surface area contributed by atoms with E-state index in [4.69, 9.17) is 0 Å². The Balaban J connectivity index is 2.06. The molecule has 0 spiro atoms. The Morgan fingerprint density at radius 1 is 1.05 bits per heavy atom. The molecule has 0 saturated heterocycles. The second-order valence-corrected chi connectivity index (χ2v) is 7.00. The van der Waals surface area contributed by atoms with Crippen molar-refractivity contribution in [3.05, 3.63) is 70.8 Å². The SMILES string of the molecule is CNC(CS(=O)Cc1ccccc1)c1cc(C)cc(C)c1. The van der Waals surface area contributed by atoms with Crippen molar-refractivity contribution in [3.8, 4) is 0 Å². The highest BCUT2D eigenvalue weighted by Crippen LogP contribution is 2.18. The molecule has 0 bridgehead atoms. The quantitative estimate of drug-likeness (QED) is 0.884. The van der Waals surface area contributed by atoms with Crippen LogP contribution in [-0.2, 0) is 16.6 Å². The summed E-state index contributed by atoms with van der Waals surface area (Å²) in [7, 11) is 1.06. The predicted octanol–water partition coefficient (Wildman–Crippen LogP) is 3.51. The van der Waals surface area contributed by atoms with Gasteiger partial charge in [0.15, 0.2) is 0 Å². The van der Waals surface area contributed by atoms with E-state index in [0.717, 1.165) is 5.56 Å². The summed E-state index contributed by atoms with van der Waals surface area (Å²) in [5.74, 6) is 1.25. The van der Waals surface area contributed by atoms with Gasteiger partial charge in [-0.2, -0.15) is 0 Å². The number of benzene rings is 2. The molecule has 1 N–H and O–H groups in total. The third-order valence-corrected chi connectivity index (χ3v) is 4.88. The first-order chi connectivity index (χ1) is 10.1. The molecule has 0 heterocycles. The Morgan fingerprint density at radius 3 is 2.24 bits per heavy atom. The first-order valence-corrected chi connectivity index (χ1v) is 8.71. The van der Waals surface area contributed by atoms with E-state index in [9.17, 15) is 4.21 Å². The van der Waals surface area contributed by atoms with Gasteiger partial charge in [0.25, 0.3) is 0 Å². The highest BCUT2D eigenvalue weighted by Gasteiger charge is 2.14. The van der Waals surface area contributed by atoms with Crippen LogP contribution in [0.3, 0.4) is 0 Å². The molecule has 0 aliphatic rings. The normalized spacial score (nSPS) is 13.9. The van der Waals surface area contributed by atoms with Gasteiger partial charge in [0, 0.05) is 28.3 Å². The smallest absolute Gasteiger partial charge is 0.0486 e. The topological polar surface area (TPSA) is 29.1 Å². The average molecular weight is 301 g/mol. The standard InChI is InChI=1S/C18H23NOS/c1-14-9-15(2)11-17(10-14)18(19-3)13-21(20)12-16-7-5-4-6-8-16/h4-11,18-19H,12-13H2,1-3H3. The average Bonchev–Trinajstić information content (AvgIpc) is 2.44. The van der Waals surface area contributed by atoms with E-state index in [0.29, 0.717) is 11.5 Å². The van der Waals surface area contributed by atoms with Crippen molar-refractivity contribution in [2.45, 2.75) is 25.6 Å². The molecule has 112 valence electrons. The van der Waals surface area contributed by atoms with Crippen molar-refractivity contribution in [3.63, 3.8) is 0 Å². The van der Waals surface area contributed by atoms with Gasteiger partial charge in [0.2, 0.25) is 0 Å². The molecule has 0 fully saturated rings. The minimum Gasteiger partial charge on any atom is -0.312 e. The molecule has 3 heteroatoms. The summed E-state index contributed by atoms with van der Waals surface area (Å²) in [5, 5.41) is 3.30. The molecule has 2 nitrogen and oxygen atoms in total. The first kappa shape index (κ1) is 15.9. The second-order valence-electron chi connectivity index (χ2n) is 5.50. The number of nitrogens with one attached hydrogen (secondary N) is 1. The fraction of sp³-hybridized carbons (Fsp3) is 0.333. The monoisotopic (exact) mass is 301 g/mol. The summed E-state index contributed by atoms with van der Waals surface area (Å²) in [6.07, 6.45) is 0. The molecule has 0 radical (unpaired) electrons. The van der Waals surface area contributed by atoms with Crippen LogP contribution in [0, 0.1) is 13.8 Å². The first-order valence-electron chi connectivity index (χ1n) is 7.23. The lowest BCUT2D eigenvalue weighted by atomic mass is 10.0. The number of hydrogen-bond donors (Lipinski definition) is 1. The Kier molecular flexibility index (Phi) is 5.71. The van der Waals surface area contributed by atoms with E-state index in [-0.39, 0.29) is 6.04 Å². The van der Waals surface area contributed by atoms with Crippen LogP contribution in [0.15, 0.2) is 48.5 Å². The summed E-state index contributed by atoms with van der Waals surface area (Å²) in [4.78, 5) is 0. The van der Waals surface area contributed by atoms with Crippen molar-refractivity contribution in [1.82, 2.24) is 5.32 Å². The molecule has 0 saturated carbocycles. The lowest BCUT2D eigenvalue weighted by Gasteiger charge is -2.17. The van der Waals surface area contributed by atoms with Crippen LogP contribution in [-0.4, -0.2) is 17.0 Å². The Morgan fingerprint density at radius 2 is 1.67 bits per heavy atom. The van der Waals surface area contributed by atoms with Crippen LogP contribution in [0.25, 0.3) is 0 Å². The molecule has 0 aliphatic heterocycles. The van der Waals surface area contributed by atoms with Crippen molar-refractivity contribution in [2.24, 2.45) is 0 Å². The van der Waals surface area contributed by atoms with Gasteiger partial charge in [0.1, 0.15) is 0 Å². The van der Waals surface area contributed by atoms with Crippen molar-refractivity contribution >= 4 is 10.8 Å². The van der Waals surface area contributed by atoms with Crippen LogP contribution in [0.1, 0.15) is 28.3 Å². The van der Waals surface area contributed by atoms with Gasteiger partial charge in [-0.1, -0.05) is 59.7 Å². The summed E-state index contributed by atoms with van der Waals surface area (Å²) in [6, 6.07) is 16.7. The maximum Gasteiger partial charge on any atom is 0.0486 e. The van der Waals surface area contributed by atoms with Crippen LogP contribution in [0.2, 0.25) is 0 Å². The number of aryl methyl sites for hydroxylation is 2. The third kappa shape index (κ3) is 4.80. The fourth-order valence-corrected chi connectivity index (χ4v) is 3.98. The fourth-order valence-electron chi connectivity index (χ4n) is 2.56. The van der Waals surface area contributed by atoms with Crippen LogP contribution < -0.4 is 5.32 Å². The number of hydrogen-bond acceptors (Lipinski definition) is 2. The molecule has 21 heavy (non-hydrogen) atoms. The molecule has 2 atom stereocenters. The van der Waals surface area contributed by atoms with Gasteiger partial charge in [-0.15, -0.1) is 0 Å². The van der Waals surface area contributed by atoms with Crippen molar-refractivity contribution < 1.29 is 4.21 Å². The van der Waals surface area contributed by atoms with E-state index >= 15 is 0 Å². The minimum atomic E-state index is -0.877. The van der Waals surface area contributed by atoms with Crippen molar-refractivity contribution in [1.29, 1.82) is 0 Å². The molecule has 0 amide bonds. The Bertz CT molecular complexity index is 590. The second kappa shape index (κ2) is 7.53. The van der Waals surface area contributed by atoms with Gasteiger partial charge in [0.05, 0.1) is 0 Å².